The van der Waals surface area contributed by atoms with Gasteiger partial charge in [-0.3, -0.25) is 14.1 Å². The fourth-order valence-corrected chi connectivity index (χ4v) is 5.45. The Kier molecular flexibility index (Phi) is 11.6. The molecule has 0 bridgehead atoms. The molecule has 2 N–H and O–H groups in total. The summed E-state index contributed by atoms with van der Waals surface area (Å²) in [5.74, 6) is 1.58. The molecule has 2 aliphatic rings. The van der Waals surface area contributed by atoms with Crippen LogP contribution in [-0.2, 0) is 28.6 Å². The second-order valence-electron chi connectivity index (χ2n) is 7.93. The molecule has 30 heavy (non-hydrogen) atoms. The van der Waals surface area contributed by atoms with E-state index in [4.69, 9.17) is 4.74 Å². The van der Waals surface area contributed by atoms with E-state index in [1.165, 1.54) is 11.1 Å². The van der Waals surface area contributed by atoms with Crippen molar-refractivity contribution in [3.63, 3.8) is 0 Å². The fraction of sp³-hybridized carbons (Fsp3) is 0.682. The lowest BCUT2D eigenvalue weighted by atomic mass is 9.95. The first-order valence-electron chi connectivity index (χ1n) is 10.9. The van der Waals surface area contributed by atoms with Crippen molar-refractivity contribution < 1.29 is 8.95 Å². The van der Waals surface area contributed by atoms with Gasteiger partial charge < -0.3 is 15.4 Å². The standard InChI is InChI=1S/C22H36N4O2S.HI/c1-3-29(27)21-6-4-5-20(15-21)25-22(23-2)24-16-18-7-9-19(10-8-18)17-26-11-13-28-14-12-26;/h7-10,20-21H,3-6,11-17H2,1-2H3,(H2,23,24,25);1H. The first-order valence-corrected chi connectivity index (χ1v) is 12.3. The number of nitrogens with zero attached hydrogens (tertiary/aromatic N) is 2. The SMILES string of the molecule is CCS(=O)C1CCCC(NC(=NC)NCc2ccc(CN3CCOCC3)cc2)C1.I. The van der Waals surface area contributed by atoms with Gasteiger partial charge in [-0.2, -0.15) is 0 Å². The highest BCUT2D eigenvalue weighted by molar-refractivity contribution is 14.0. The molecule has 1 heterocycles. The van der Waals surface area contributed by atoms with E-state index in [2.05, 4.69) is 44.8 Å². The lowest BCUT2D eigenvalue weighted by Crippen LogP contribution is -2.46. The van der Waals surface area contributed by atoms with E-state index in [-0.39, 0.29) is 24.0 Å². The molecule has 1 aromatic carbocycles. The summed E-state index contributed by atoms with van der Waals surface area (Å²) in [7, 11) is 1.11. The van der Waals surface area contributed by atoms with Crippen LogP contribution < -0.4 is 10.6 Å². The lowest BCUT2D eigenvalue weighted by molar-refractivity contribution is 0.0342. The molecule has 1 saturated heterocycles. The van der Waals surface area contributed by atoms with E-state index in [0.29, 0.717) is 11.3 Å². The molecule has 2 fully saturated rings. The second-order valence-corrected chi connectivity index (χ2v) is 9.94. The van der Waals surface area contributed by atoms with Gasteiger partial charge in [0.25, 0.3) is 0 Å². The Morgan fingerprint density at radius 1 is 1.20 bits per heavy atom. The summed E-state index contributed by atoms with van der Waals surface area (Å²) in [6.07, 6.45) is 4.31. The minimum atomic E-state index is -0.700. The number of nitrogens with one attached hydrogen (secondary N) is 2. The van der Waals surface area contributed by atoms with E-state index < -0.39 is 10.8 Å². The van der Waals surface area contributed by atoms with Crippen LogP contribution >= 0.6 is 24.0 Å². The number of aliphatic imine (C=N–C) groups is 1. The zero-order chi connectivity index (χ0) is 20.5. The van der Waals surface area contributed by atoms with Gasteiger partial charge in [0.05, 0.1) is 13.2 Å². The van der Waals surface area contributed by atoms with Crippen molar-refractivity contribution in [2.24, 2.45) is 4.99 Å². The molecule has 0 amide bonds. The number of morpholine rings is 1. The summed E-state index contributed by atoms with van der Waals surface area (Å²) in [4.78, 5) is 6.82. The third-order valence-electron chi connectivity index (χ3n) is 5.84. The van der Waals surface area contributed by atoms with Crippen LogP contribution in [0.2, 0.25) is 0 Å². The quantitative estimate of drug-likeness (QED) is 0.312. The van der Waals surface area contributed by atoms with Crippen LogP contribution in [0.25, 0.3) is 0 Å². The molecule has 1 aliphatic carbocycles. The van der Waals surface area contributed by atoms with Gasteiger partial charge in [0.1, 0.15) is 0 Å². The topological polar surface area (TPSA) is 66.0 Å². The molecule has 1 saturated carbocycles. The molecule has 1 aromatic rings. The summed E-state index contributed by atoms with van der Waals surface area (Å²) in [6.45, 7) is 7.45. The Labute approximate surface area is 201 Å². The maximum Gasteiger partial charge on any atom is 0.191 e. The first-order chi connectivity index (χ1) is 14.2. The molecule has 6 nitrogen and oxygen atoms in total. The van der Waals surface area contributed by atoms with Crippen LogP contribution in [-0.4, -0.2) is 65.5 Å². The van der Waals surface area contributed by atoms with Crippen molar-refractivity contribution in [3.05, 3.63) is 35.4 Å². The van der Waals surface area contributed by atoms with Gasteiger partial charge in [-0.1, -0.05) is 37.6 Å². The number of ether oxygens (including phenoxy) is 1. The maximum absolute atomic E-state index is 12.2. The monoisotopic (exact) mass is 548 g/mol. The molecular formula is C22H37IN4O2S. The van der Waals surface area contributed by atoms with Crippen molar-refractivity contribution in [2.45, 2.75) is 57.0 Å². The molecule has 1 aliphatic heterocycles. The third kappa shape index (κ3) is 8.09. The molecule has 0 radical (unpaired) electrons. The number of benzene rings is 1. The van der Waals surface area contributed by atoms with Gasteiger partial charge in [-0.25, -0.2) is 0 Å². The highest BCUT2D eigenvalue weighted by Crippen LogP contribution is 2.23. The Bertz CT molecular complexity index is 680. The second kappa shape index (κ2) is 13.6. The number of hydrogen-bond donors (Lipinski definition) is 2. The normalized spacial score (nSPS) is 24.0. The Balaban J connectivity index is 0.00000320. The number of guanidine groups is 1. The van der Waals surface area contributed by atoms with Crippen LogP contribution in [0, 0.1) is 0 Å². The molecule has 3 rings (SSSR count). The molecule has 3 unspecified atom stereocenters. The molecule has 170 valence electrons. The van der Waals surface area contributed by atoms with Crippen molar-refractivity contribution in [2.75, 3.05) is 39.1 Å². The number of hydrogen-bond acceptors (Lipinski definition) is 4. The van der Waals surface area contributed by atoms with Crippen LogP contribution in [0.4, 0.5) is 0 Å². The zero-order valence-electron chi connectivity index (χ0n) is 18.3. The first kappa shape index (κ1) is 25.5. The summed E-state index contributed by atoms with van der Waals surface area (Å²) < 4.78 is 17.6. The Hall–Kier alpha value is -0.710. The molecule has 0 spiro atoms. The molecule has 8 heteroatoms. The predicted octanol–water partition coefficient (Wildman–Crippen LogP) is 2.88. The van der Waals surface area contributed by atoms with Crippen molar-refractivity contribution in [1.29, 1.82) is 0 Å². The highest BCUT2D eigenvalue weighted by atomic mass is 127. The minimum Gasteiger partial charge on any atom is -0.379 e. The zero-order valence-corrected chi connectivity index (χ0v) is 21.4. The summed E-state index contributed by atoms with van der Waals surface area (Å²) >= 11 is 0. The van der Waals surface area contributed by atoms with Crippen LogP contribution in [0.1, 0.15) is 43.7 Å². The van der Waals surface area contributed by atoms with Crippen molar-refractivity contribution in [1.82, 2.24) is 15.5 Å². The summed E-state index contributed by atoms with van der Waals surface area (Å²) in [5, 5.41) is 7.29. The van der Waals surface area contributed by atoms with Gasteiger partial charge in [-0.05, 0) is 30.4 Å². The van der Waals surface area contributed by atoms with E-state index in [1.807, 2.05) is 14.0 Å². The van der Waals surface area contributed by atoms with E-state index in [0.717, 1.165) is 76.8 Å². The average molecular weight is 549 g/mol. The molecular weight excluding hydrogens is 511 g/mol. The van der Waals surface area contributed by atoms with E-state index in [9.17, 15) is 4.21 Å². The van der Waals surface area contributed by atoms with E-state index >= 15 is 0 Å². The largest absolute Gasteiger partial charge is 0.379 e. The van der Waals surface area contributed by atoms with Crippen LogP contribution in [0.15, 0.2) is 29.3 Å². The highest BCUT2D eigenvalue weighted by Gasteiger charge is 2.26. The van der Waals surface area contributed by atoms with Crippen LogP contribution in [0.3, 0.4) is 0 Å². The van der Waals surface area contributed by atoms with Gasteiger partial charge in [0.2, 0.25) is 0 Å². The lowest BCUT2D eigenvalue weighted by Gasteiger charge is -2.30. The fourth-order valence-electron chi connectivity index (χ4n) is 4.10. The van der Waals surface area contributed by atoms with Gasteiger partial charge in [0.15, 0.2) is 5.96 Å². The number of halogens is 1. The average Bonchev–Trinajstić information content (AvgIpc) is 2.78. The van der Waals surface area contributed by atoms with Gasteiger partial charge >= 0.3 is 0 Å². The minimum absolute atomic E-state index is 0. The van der Waals surface area contributed by atoms with Crippen molar-refractivity contribution >= 4 is 40.7 Å². The van der Waals surface area contributed by atoms with Gasteiger partial charge in [0, 0.05) is 61.1 Å². The van der Waals surface area contributed by atoms with Crippen molar-refractivity contribution in [3.8, 4) is 0 Å². The Morgan fingerprint density at radius 2 is 1.90 bits per heavy atom. The summed E-state index contributed by atoms with van der Waals surface area (Å²) in [6, 6.07) is 9.17. The Morgan fingerprint density at radius 3 is 2.57 bits per heavy atom. The van der Waals surface area contributed by atoms with Crippen LogP contribution in [0.5, 0.6) is 0 Å². The summed E-state index contributed by atoms with van der Waals surface area (Å²) in [5.41, 5.74) is 2.59. The smallest absolute Gasteiger partial charge is 0.191 e. The third-order valence-corrected chi connectivity index (χ3v) is 7.58. The maximum atomic E-state index is 12.2. The van der Waals surface area contributed by atoms with Gasteiger partial charge in [-0.15, -0.1) is 24.0 Å². The number of rotatable bonds is 7. The van der Waals surface area contributed by atoms with E-state index in [1.54, 1.807) is 0 Å². The predicted molar refractivity (Wildman–Crippen MR) is 136 cm³/mol. The molecule has 3 atom stereocenters. The molecule has 0 aromatic heterocycles.